The van der Waals surface area contributed by atoms with Crippen molar-refractivity contribution in [3.05, 3.63) is 72.8 Å². The van der Waals surface area contributed by atoms with Crippen molar-refractivity contribution in [2.45, 2.75) is 70.0 Å². The second-order valence-corrected chi connectivity index (χ2v) is 14.2. The summed E-state index contributed by atoms with van der Waals surface area (Å²) in [4.78, 5) is 0. The van der Waals surface area contributed by atoms with E-state index in [4.69, 9.17) is 18.6 Å². The van der Waals surface area contributed by atoms with Crippen molar-refractivity contribution in [1.82, 2.24) is 0 Å². The molecule has 0 radical (unpaired) electrons. The summed E-state index contributed by atoms with van der Waals surface area (Å²) < 4.78 is 25.8. The molecule has 0 aliphatic carbocycles. The van der Waals surface area contributed by atoms with Gasteiger partial charge < -0.3 is 23.7 Å². The lowest BCUT2D eigenvalue weighted by Gasteiger charge is -2.45. The van der Waals surface area contributed by atoms with Gasteiger partial charge in [0.1, 0.15) is 18.3 Å². The van der Waals surface area contributed by atoms with Gasteiger partial charge in [0.2, 0.25) is 0 Å². The number of aliphatic hydroxyl groups excluding tert-OH is 1. The molecule has 0 bridgehead atoms. The molecule has 4 atom stereocenters. The highest BCUT2D eigenvalue weighted by Crippen LogP contribution is 2.44. The van der Waals surface area contributed by atoms with Crippen LogP contribution in [0.1, 0.15) is 34.6 Å². The van der Waals surface area contributed by atoms with Crippen LogP contribution in [0.2, 0.25) is 5.04 Å². The fourth-order valence-electron chi connectivity index (χ4n) is 4.88. The van der Waals surface area contributed by atoms with E-state index in [9.17, 15) is 5.11 Å². The number of hydrogen-bond donors (Lipinski definition) is 1. The molecule has 6 heteroatoms. The Morgan fingerprint density at radius 1 is 0.969 bits per heavy atom. The molecule has 1 N–H and O–H groups in total. The molecule has 0 spiro atoms. The van der Waals surface area contributed by atoms with Crippen molar-refractivity contribution in [1.29, 1.82) is 0 Å². The third-order valence-electron chi connectivity index (χ3n) is 6.19. The monoisotopic (exact) mass is 454 g/mol. The van der Waals surface area contributed by atoms with Crippen molar-refractivity contribution in [2.24, 2.45) is 0 Å². The summed E-state index contributed by atoms with van der Waals surface area (Å²) in [7, 11) is -2.81. The number of fused-ring (bicyclic) bond motifs is 1. The third kappa shape index (κ3) is 4.23. The van der Waals surface area contributed by atoms with E-state index in [2.05, 4.69) is 69.3 Å². The van der Waals surface area contributed by atoms with Crippen molar-refractivity contribution < 1.29 is 23.7 Å². The minimum Gasteiger partial charge on any atom is -0.399 e. The van der Waals surface area contributed by atoms with Crippen LogP contribution in [0, 0.1) is 0 Å². The zero-order valence-corrected chi connectivity index (χ0v) is 20.5. The first-order valence-corrected chi connectivity index (χ1v) is 13.2. The molecule has 0 amide bonds. The summed E-state index contributed by atoms with van der Waals surface area (Å²) in [6.07, 6.45) is 1.92. The Balaban J connectivity index is 1.85. The first-order chi connectivity index (χ1) is 15.2. The van der Waals surface area contributed by atoms with E-state index in [0.717, 1.165) is 0 Å². The Kier molecular flexibility index (Phi) is 6.46. The molecule has 0 aromatic heterocycles. The summed E-state index contributed by atoms with van der Waals surface area (Å²) in [6, 6.07) is 21.1. The zero-order chi connectivity index (χ0) is 23.0. The van der Waals surface area contributed by atoms with Crippen molar-refractivity contribution in [3.63, 3.8) is 0 Å². The van der Waals surface area contributed by atoms with Crippen LogP contribution >= 0.6 is 0 Å². The maximum Gasteiger partial charge on any atom is 0.261 e. The molecule has 0 unspecified atom stereocenters. The Hall–Kier alpha value is -1.80. The SMILES string of the molecule is CC1(C)O[C@H]2O[C@H](C=CCO)[C@H](O[Si](c3ccccc3)(c3ccccc3)C(C)(C)C)[C@H]2O1. The summed E-state index contributed by atoms with van der Waals surface area (Å²) >= 11 is 0. The van der Waals surface area contributed by atoms with Crippen LogP contribution in [0.5, 0.6) is 0 Å². The van der Waals surface area contributed by atoms with E-state index in [1.165, 1.54) is 10.4 Å². The predicted molar refractivity (Wildman–Crippen MR) is 127 cm³/mol. The van der Waals surface area contributed by atoms with Crippen molar-refractivity contribution in [3.8, 4) is 0 Å². The number of aliphatic hydroxyl groups is 1. The highest BCUT2D eigenvalue weighted by atomic mass is 28.4. The van der Waals surface area contributed by atoms with E-state index in [1.54, 1.807) is 6.08 Å². The largest absolute Gasteiger partial charge is 0.399 e. The van der Waals surface area contributed by atoms with Gasteiger partial charge in [0.05, 0.1) is 6.61 Å². The molecule has 5 nitrogen and oxygen atoms in total. The van der Waals surface area contributed by atoms with Gasteiger partial charge in [-0.25, -0.2) is 0 Å². The van der Waals surface area contributed by atoms with Crippen LogP contribution in [0.15, 0.2) is 72.8 Å². The molecule has 2 aliphatic rings. The molecule has 2 saturated heterocycles. The average molecular weight is 455 g/mol. The Morgan fingerprint density at radius 3 is 2.03 bits per heavy atom. The minimum atomic E-state index is -2.81. The van der Waals surface area contributed by atoms with Gasteiger partial charge in [-0.15, -0.1) is 0 Å². The van der Waals surface area contributed by atoms with Gasteiger partial charge in [0.15, 0.2) is 12.1 Å². The summed E-state index contributed by atoms with van der Waals surface area (Å²) in [5, 5.41) is 11.6. The van der Waals surface area contributed by atoms with Crippen LogP contribution in [0.25, 0.3) is 0 Å². The molecule has 4 rings (SSSR count). The number of rotatable bonds is 6. The molecular formula is C26H34O5Si. The summed E-state index contributed by atoms with van der Waals surface area (Å²) in [6.45, 7) is 10.5. The Labute approximate surface area is 192 Å². The molecule has 172 valence electrons. The lowest BCUT2D eigenvalue weighted by Crippen LogP contribution is -2.69. The molecule has 0 saturated carbocycles. The fourth-order valence-corrected chi connectivity index (χ4v) is 9.57. The van der Waals surface area contributed by atoms with Gasteiger partial charge in [-0.2, -0.15) is 0 Å². The highest BCUT2D eigenvalue weighted by molar-refractivity contribution is 6.99. The zero-order valence-electron chi connectivity index (χ0n) is 19.5. The van der Waals surface area contributed by atoms with E-state index < -0.39 is 20.4 Å². The lowest BCUT2D eigenvalue weighted by molar-refractivity contribution is -0.208. The maximum atomic E-state index is 9.38. The van der Waals surface area contributed by atoms with Gasteiger partial charge in [-0.3, -0.25) is 0 Å². The van der Waals surface area contributed by atoms with Gasteiger partial charge in [0, 0.05) is 0 Å². The third-order valence-corrected chi connectivity index (χ3v) is 11.2. The van der Waals surface area contributed by atoms with E-state index in [0.29, 0.717) is 0 Å². The van der Waals surface area contributed by atoms with Gasteiger partial charge in [-0.05, 0) is 29.3 Å². The van der Waals surface area contributed by atoms with Crippen LogP contribution in [-0.4, -0.2) is 50.4 Å². The Bertz CT molecular complexity index is 883. The number of benzene rings is 2. The molecule has 2 heterocycles. The quantitative estimate of drug-likeness (QED) is 0.536. The normalized spacial score (nSPS) is 27.7. The van der Waals surface area contributed by atoms with Crippen LogP contribution in [0.3, 0.4) is 0 Å². The topological polar surface area (TPSA) is 57.2 Å². The van der Waals surface area contributed by atoms with Crippen molar-refractivity contribution in [2.75, 3.05) is 6.61 Å². The lowest BCUT2D eigenvalue weighted by atomic mass is 10.1. The second-order valence-electron chi connectivity index (χ2n) is 9.93. The van der Waals surface area contributed by atoms with Gasteiger partial charge >= 0.3 is 0 Å². The van der Waals surface area contributed by atoms with E-state index in [1.807, 2.05) is 32.1 Å². The Morgan fingerprint density at radius 2 is 1.53 bits per heavy atom. The average Bonchev–Trinajstić information content (AvgIpc) is 3.22. The second kappa shape index (κ2) is 8.86. The van der Waals surface area contributed by atoms with E-state index >= 15 is 0 Å². The van der Waals surface area contributed by atoms with Gasteiger partial charge in [0.25, 0.3) is 8.32 Å². The van der Waals surface area contributed by atoms with E-state index in [-0.39, 0.29) is 30.0 Å². The number of ether oxygens (including phenoxy) is 3. The molecule has 32 heavy (non-hydrogen) atoms. The van der Waals surface area contributed by atoms with Crippen molar-refractivity contribution >= 4 is 18.7 Å². The summed E-state index contributed by atoms with van der Waals surface area (Å²) in [5.74, 6) is -0.742. The first-order valence-electron chi connectivity index (χ1n) is 11.3. The molecule has 2 aliphatic heterocycles. The van der Waals surface area contributed by atoms with Gasteiger partial charge in [-0.1, -0.05) is 93.6 Å². The smallest absolute Gasteiger partial charge is 0.261 e. The predicted octanol–water partition coefficient (Wildman–Crippen LogP) is 3.36. The molecule has 2 aromatic carbocycles. The maximum absolute atomic E-state index is 9.38. The standard InChI is InChI=1S/C26H34O5Si/c1-25(2,3)32(19-13-8-6-9-14-19,20-15-10-7-11-16-20)31-22-21(17-12-18-27)28-24-23(22)29-26(4,5)30-24/h6-17,21-24,27H,18H2,1-5H3/t21-,22+,23-,24-/m1/s1. The number of hydrogen-bond acceptors (Lipinski definition) is 5. The molecule has 2 aromatic rings. The summed E-state index contributed by atoms with van der Waals surface area (Å²) in [5.41, 5.74) is 0. The van der Waals surface area contributed by atoms with Crippen LogP contribution < -0.4 is 10.4 Å². The highest BCUT2D eigenvalue weighted by Gasteiger charge is 2.59. The first kappa shape index (κ1) is 23.4. The molecular weight excluding hydrogens is 420 g/mol. The minimum absolute atomic E-state index is 0.0612. The molecule has 2 fully saturated rings. The van der Waals surface area contributed by atoms with Crippen LogP contribution in [0.4, 0.5) is 0 Å². The van der Waals surface area contributed by atoms with Crippen LogP contribution in [-0.2, 0) is 18.6 Å². The fraction of sp³-hybridized carbons (Fsp3) is 0.462.